The van der Waals surface area contributed by atoms with Crippen LogP contribution in [-0.4, -0.2) is 39.5 Å². The number of methoxy groups -OCH3 is 4. The summed E-state index contributed by atoms with van der Waals surface area (Å²) in [6.45, 7) is 1.77. The lowest BCUT2D eigenvalue weighted by Gasteiger charge is -2.21. The van der Waals surface area contributed by atoms with Crippen LogP contribution >= 0.6 is 0 Å². The first kappa shape index (κ1) is 17.1. The molecular weight excluding hydrogens is 276 g/mol. The highest BCUT2D eigenvalue weighted by Crippen LogP contribution is 2.41. The zero-order valence-corrected chi connectivity index (χ0v) is 13.0. The Morgan fingerprint density at radius 1 is 1.10 bits per heavy atom. The number of hydrogen-bond acceptors (Lipinski definition) is 6. The number of carbonyl (C=O) groups is 1. The summed E-state index contributed by atoms with van der Waals surface area (Å²) in [4.78, 5) is 11.3. The van der Waals surface area contributed by atoms with E-state index in [4.69, 9.17) is 14.2 Å². The number of aliphatic hydroxyl groups is 1. The Labute approximate surface area is 124 Å². The standard InChI is InChI=1S/C15H22O6/c1-9(6-13(16)20-4)14(17)10-7-11(18-2)15(21-5)12(8-10)19-3/h7-9,14,17H,6H2,1-5H3. The van der Waals surface area contributed by atoms with E-state index in [1.54, 1.807) is 19.1 Å². The maximum Gasteiger partial charge on any atom is 0.305 e. The summed E-state index contributed by atoms with van der Waals surface area (Å²) in [6, 6.07) is 3.33. The van der Waals surface area contributed by atoms with Gasteiger partial charge in [-0.3, -0.25) is 4.79 Å². The van der Waals surface area contributed by atoms with E-state index in [0.29, 0.717) is 22.8 Å². The Morgan fingerprint density at radius 3 is 2.00 bits per heavy atom. The molecule has 0 aliphatic carbocycles. The molecule has 0 aliphatic rings. The van der Waals surface area contributed by atoms with Crippen LogP contribution in [0, 0.1) is 5.92 Å². The van der Waals surface area contributed by atoms with Crippen LogP contribution < -0.4 is 14.2 Å². The Hall–Kier alpha value is -1.95. The number of aliphatic hydroxyl groups excluding tert-OH is 1. The van der Waals surface area contributed by atoms with Gasteiger partial charge < -0.3 is 24.1 Å². The van der Waals surface area contributed by atoms with Gasteiger partial charge in [0.05, 0.1) is 41.0 Å². The Bertz CT molecular complexity index is 460. The van der Waals surface area contributed by atoms with Gasteiger partial charge in [-0.2, -0.15) is 0 Å². The van der Waals surface area contributed by atoms with Crippen molar-refractivity contribution in [3.8, 4) is 17.2 Å². The second-order valence-electron chi connectivity index (χ2n) is 4.66. The third-order valence-electron chi connectivity index (χ3n) is 3.28. The van der Waals surface area contributed by atoms with E-state index in [0.717, 1.165) is 0 Å². The molecule has 0 aromatic heterocycles. The van der Waals surface area contributed by atoms with Crippen molar-refractivity contribution >= 4 is 5.97 Å². The number of esters is 1. The number of benzene rings is 1. The third kappa shape index (κ3) is 4.01. The second kappa shape index (κ2) is 7.73. The van der Waals surface area contributed by atoms with Crippen LogP contribution in [0.2, 0.25) is 0 Å². The highest BCUT2D eigenvalue weighted by atomic mass is 16.5. The third-order valence-corrected chi connectivity index (χ3v) is 3.28. The molecule has 6 heteroatoms. The minimum Gasteiger partial charge on any atom is -0.493 e. The molecule has 1 rings (SSSR count). The fourth-order valence-electron chi connectivity index (χ4n) is 2.06. The van der Waals surface area contributed by atoms with E-state index >= 15 is 0 Å². The molecule has 0 saturated carbocycles. The van der Waals surface area contributed by atoms with Crippen molar-refractivity contribution in [3.05, 3.63) is 17.7 Å². The molecule has 1 aromatic rings. The normalized spacial score (nSPS) is 13.2. The second-order valence-corrected chi connectivity index (χ2v) is 4.66. The van der Waals surface area contributed by atoms with Gasteiger partial charge in [-0.15, -0.1) is 0 Å². The highest BCUT2D eigenvalue weighted by Gasteiger charge is 2.23. The van der Waals surface area contributed by atoms with Gasteiger partial charge in [-0.05, 0) is 23.6 Å². The van der Waals surface area contributed by atoms with Gasteiger partial charge in [-0.1, -0.05) is 6.92 Å². The van der Waals surface area contributed by atoms with E-state index in [9.17, 15) is 9.90 Å². The predicted molar refractivity (Wildman–Crippen MR) is 76.9 cm³/mol. The summed E-state index contributed by atoms with van der Waals surface area (Å²) in [5, 5.41) is 10.4. The van der Waals surface area contributed by atoms with E-state index < -0.39 is 6.10 Å². The first-order valence-corrected chi connectivity index (χ1v) is 6.53. The summed E-state index contributed by atoms with van der Waals surface area (Å²) in [7, 11) is 5.84. The van der Waals surface area contributed by atoms with Crippen molar-refractivity contribution in [3.63, 3.8) is 0 Å². The average Bonchev–Trinajstić information content (AvgIpc) is 2.52. The fraction of sp³-hybridized carbons (Fsp3) is 0.533. The molecule has 21 heavy (non-hydrogen) atoms. The zero-order chi connectivity index (χ0) is 16.0. The fourth-order valence-corrected chi connectivity index (χ4v) is 2.06. The van der Waals surface area contributed by atoms with Crippen molar-refractivity contribution in [1.82, 2.24) is 0 Å². The lowest BCUT2D eigenvalue weighted by Crippen LogP contribution is -2.15. The lowest BCUT2D eigenvalue weighted by molar-refractivity contribution is -0.142. The van der Waals surface area contributed by atoms with Crippen LogP contribution in [0.25, 0.3) is 0 Å². The Morgan fingerprint density at radius 2 is 1.62 bits per heavy atom. The van der Waals surface area contributed by atoms with Crippen LogP contribution in [0.4, 0.5) is 0 Å². The van der Waals surface area contributed by atoms with Crippen LogP contribution in [0.1, 0.15) is 25.0 Å². The summed E-state index contributed by atoms with van der Waals surface area (Å²) < 4.78 is 20.3. The number of ether oxygens (including phenoxy) is 4. The Kier molecular flexibility index (Phi) is 6.30. The average molecular weight is 298 g/mol. The summed E-state index contributed by atoms with van der Waals surface area (Å²) in [6.07, 6.45) is -0.730. The first-order chi connectivity index (χ1) is 9.98. The molecule has 0 saturated heterocycles. The van der Waals surface area contributed by atoms with Gasteiger partial charge >= 0.3 is 5.97 Å². The molecule has 0 amide bonds. The molecule has 118 valence electrons. The van der Waals surface area contributed by atoms with Gasteiger partial charge in [0.25, 0.3) is 0 Å². The molecule has 0 aliphatic heterocycles. The number of rotatable bonds is 7. The van der Waals surface area contributed by atoms with Crippen LogP contribution in [0.5, 0.6) is 17.2 Å². The van der Waals surface area contributed by atoms with Crippen molar-refractivity contribution < 1.29 is 28.8 Å². The minimum absolute atomic E-state index is 0.119. The van der Waals surface area contributed by atoms with Gasteiger partial charge in [-0.25, -0.2) is 0 Å². The zero-order valence-electron chi connectivity index (χ0n) is 13.0. The summed E-state index contributed by atoms with van der Waals surface area (Å²) >= 11 is 0. The predicted octanol–water partition coefficient (Wildman–Crippen LogP) is 1.94. The van der Waals surface area contributed by atoms with Crippen LogP contribution in [0.15, 0.2) is 12.1 Å². The van der Waals surface area contributed by atoms with Gasteiger partial charge in [0, 0.05) is 0 Å². The number of hydrogen-bond donors (Lipinski definition) is 1. The molecule has 0 bridgehead atoms. The van der Waals surface area contributed by atoms with Crippen LogP contribution in [-0.2, 0) is 9.53 Å². The van der Waals surface area contributed by atoms with Gasteiger partial charge in [0.1, 0.15) is 0 Å². The summed E-state index contributed by atoms with van der Waals surface area (Å²) in [5.74, 6) is 0.693. The molecule has 2 unspecified atom stereocenters. The number of carbonyl (C=O) groups excluding carboxylic acids is 1. The monoisotopic (exact) mass is 298 g/mol. The minimum atomic E-state index is -0.849. The van der Waals surface area contributed by atoms with Crippen molar-refractivity contribution in [2.75, 3.05) is 28.4 Å². The van der Waals surface area contributed by atoms with Crippen molar-refractivity contribution in [2.24, 2.45) is 5.92 Å². The molecule has 6 nitrogen and oxygen atoms in total. The molecule has 0 heterocycles. The van der Waals surface area contributed by atoms with E-state index in [1.165, 1.54) is 28.4 Å². The van der Waals surface area contributed by atoms with Crippen molar-refractivity contribution in [1.29, 1.82) is 0 Å². The lowest BCUT2D eigenvalue weighted by atomic mass is 9.94. The molecular formula is C15H22O6. The van der Waals surface area contributed by atoms with E-state index in [-0.39, 0.29) is 18.3 Å². The Balaban J connectivity index is 3.09. The smallest absolute Gasteiger partial charge is 0.305 e. The topological polar surface area (TPSA) is 74.2 Å². The molecule has 2 atom stereocenters. The van der Waals surface area contributed by atoms with Gasteiger partial charge in [0.2, 0.25) is 5.75 Å². The molecule has 0 radical (unpaired) electrons. The van der Waals surface area contributed by atoms with E-state index in [1.807, 2.05) is 0 Å². The van der Waals surface area contributed by atoms with Gasteiger partial charge in [0.15, 0.2) is 11.5 Å². The SMILES string of the molecule is COC(=O)CC(C)C(O)c1cc(OC)c(OC)c(OC)c1. The van der Waals surface area contributed by atoms with Crippen LogP contribution in [0.3, 0.4) is 0 Å². The quantitative estimate of drug-likeness (QED) is 0.776. The molecule has 0 fully saturated rings. The molecule has 1 aromatic carbocycles. The van der Waals surface area contributed by atoms with Crippen molar-refractivity contribution in [2.45, 2.75) is 19.4 Å². The molecule has 1 N–H and O–H groups in total. The maximum absolute atomic E-state index is 11.3. The highest BCUT2D eigenvalue weighted by molar-refractivity contribution is 5.69. The summed E-state index contributed by atoms with van der Waals surface area (Å²) in [5.41, 5.74) is 0.584. The largest absolute Gasteiger partial charge is 0.493 e. The van der Waals surface area contributed by atoms with E-state index in [2.05, 4.69) is 4.74 Å². The molecule has 0 spiro atoms. The maximum atomic E-state index is 11.3. The first-order valence-electron chi connectivity index (χ1n) is 6.53.